The van der Waals surface area contributed by atoms with E-state index in [1.165, 1.54) is 6.21 Å². The van der Waals surface area contributed by atoms with Crippen LogP contribution in [0, 0.1) is 0 Å². The van der Waals surface area contributed by atoms with Gasteiger partial charge in [-0.3, -0.25) is 0 Å². The Morgan fingerprint density at radius 3 is 2.62 bits per heavy atom. The van der Waals surface area contributed by atoms with Crippen molar-refractivity contribution < 1.29 is 4.79 Å². The molecule has 0 radical (unpaired) electrons. The van der Waals surface area contributed by atoms with E-state index in [4.69, 9.17) is 23.2 Å². The third-order valence-corrected chi connectivity index (χ3v) is 3.93. The smallest absolute Gasteiger partial charge is 0.306 e. The first kappa shape index (κ1) is 16.3. The van der Waals surface area contributed by atoms with Gasteiger partial charge in [-0.1, -0.05) is 65.7 Å². The number of carbonyl (C=O) groups is 1. The molecule has 6 heteroatoms. The average Bonchev–Trinajstić information content (AvgIpc) is 2.57. The van der Waals surface area contributed by atoms with Gasteiger partial charge in [0.05, 0.1) is 16.9 Å². The third-order valence-electron chi connectivity index (χ3n) is 3.37. The lowest BCUT2D eigenvalue weighted by Crippen LogP contribution is -2.24. The molecule has 0 heterocycles. The second-order valence-electron chi connectivity index (χ2n) is 5.02. The van der Waals surface area contributed by atoms with Gasteiger partial charge in [-0.2, -0.15) is 5.10 Å². The lowest BCUT2D eigenvalue weighted by Gasteiger charge is -2.07. The molecule has 4 nitrogen and oxygen atoms in total. The van der Waals surface area contributed by atoms with Crippen molar-refractivity contribution in [2.24, 2.45) is 5.10 Å². The molecule has 0 saturated carbocycles. The fourth-order valence-electron chi connectivity index (χ4n) is 2.25. The molecule has 2 amide bonds. The molecule has 0 saturated heterocycles. The van der Waals surface area contributed by atoms with Gasteiger partial charge in [-0.25, -0.2) is 10.2 Å². The Kier molecular flexibility index (Phi) is 4.99. The molecule has 0 aliphatic rings. The fraction of sp³-hybridized carbons (Fsp3) is 0. The number of hydrazone groups is 1. The van der Waals surface area contributed by atoms with Crippen LogP contribution in [0.2, 0.25) is 10.0 Å². The number of benzene rings is 3. The van der Waals surface area contributed by atoms with Crippen LogP contribution in [0.4, 0.5) is 10.5 Å². The molecule has 3 aromatic rings. The minimum Gasteiger partial charge on any atom is -0.306 e. The van der Waals surface area contributed by atoms with Gasteiger partial charge in [0.1, 0.15) is 0 Å². The van der Waals surface area contributed by atoms with E-state index in [0.29, 0.717) is 21.3 Å². The first-order valence-corrected chi connectivity index (χ1v) is 7.92. The predicted molar refractivity (Wildman–Crippen MR) is 100 cm³/mol. The number of urea groups is 1. The lowest BCUT2D eigenvalue weighted by molar-refractivity contribution is 0.252. The summed E-state index contributed by atoms with van der Waals surface area (Å²) in [7, 11) is 0. The van der Waals surface area contributed by atoms with Crippen LogP contribution >= 0.6 is 23.2 Å². The highest BCUT2D eigenvalue weighted by Crippen LogP contribution is 2.22. The number of nitrogens with zero attached hydrogens (tertiary/aromatic N) is 1. The number of anilines is 1. The van der Waals surface area contributed by atoms with Crippen LogP contribution in [0.5, 0.6) is 0 Å². The largest absolute Gasteiger partial charge is 0.339 e. The molecule has 3 aromatic carbocycles. The van der Waals surface area contributed by atoms with Gasteiger partial charge < -0.3 is 5.32 Å². The topological polar surface area (TPSA) is 53.5 Å². The Labute approximate surface area is 149 Å². The third kappa shape index (κ3) is 3.85. The van der Waals surface area contributed by atoms with Crippen LogP contribution < -0.4 is 10.7 Å². The van der Waals surface area contributed by atoms with Gasteiger partial charge in [0.15, 0.2) is 0 Å². The van der Waals surface area contributed by atoms with Crippen LogP contribution in [0.25, 0.3) is 10.8 Å². The van der Waals surface area contributed by atoms with Crippen LogP contribution in [0.3, 0.4) is 0 Å². The molecule has 0 unspecified atom stereocenters. The standard InChI is InChI=1S/C18H13Cl2N3O/c19-14-9-8-13(16(20)10-14)11-21-23-18(24)22-17-7-3-5-12-4-1-2-6-15(12)17/h1-11H,(H2,22,23,24)/b21-11+. The highest BCUT2D eigenvalue weighted by molar-refractivity contribution is 6.36. The summed E-state index contributed by atoms with van der Waals surface area (Å²) in [6.07, 6.45) is 1.46. The van der Waals surface area contributed by atoms with Gasteiger partial charge in [0.2, 0.25) is 0 Å². The molecular formula is C18H13Cl2N3O. The predicted octanol–water partition coefficient (Wildman–Crippen LogP) is 5.30. The molecular weight excluding hydrogens is 345 g/mol. The molecule has 3 rings (SSSR count). The first-order chi connectivity index (χ1) is 11.6. The van der Waals surface area contributed by atoms with Crippen molar-refractivity contribution >= 4 is 51.9 Å². The second kappa shape index (κ2) is 7.34. The van der Waals surface area contributed by atoms with Gasteiger partial charge >= 0.3 is 6.03 Å². The molecule has 0 bridgehead atoms. The van der Waals surface area contributed by atoms with Gasteiger partial charge in [-0.15, -0.1) is 0 Å². The Morgan fingerprint density at radius 2 is 1.79 bits per heavy atom. The number of amides is 2. The monoisotopic (exact) mass is 357 g/mol. The number of rotatable bonds is 3. The quantitative estimate of drug-likeness (QED) is 0.484. The molecule has 120 valence electrons. The van der Waals surface area contributed by atoms with Crippen molar-refractivity contribution in [3.63, 3.8) is 0 Å². The Balaban J connectivity index is 1.68. The maximum Gasteiger partial charge on any atom is 0.339 e. The molecule has 0 aromatic heterocycles. The summed E-state index contributed by atoms with van der Waals surface area (Å²) in [6, 6.07) is 18.1. The van der Waals surface area contributed by atoms with Crippen LogP contribution in [0.15, 0.2) is 65.8 Å². The van der Waals surface area contributed by atoms with Crippen molar-refractivity contribution in [1.29, 1.82) is 0 Å². The maximum atomic E-state index is 12.0. The summed E-state index contributed by atoms with van der Waals surface area (Å²) >= 11 is 11.9. The second-order valence-corrected chi connectivity index (χ2v) is 5.86. The van der Waals surface area contributed by atoms with Gasteiger partial charge in [-0.05, 0) is 23.6 Å². The van der Waals surface area contributed by atoms with Crippen molar-refractivity contribution in [2.75, 3.05) is 5.32 Å². The summed E-state index contributed by atoms with van der Waals surface area (Å²) in [5, 5.41) is 9.68. The van der Waals surface area contributed by atoms with E-state index in [1.54, 1.807) is 18.2 Å². The average molecular weight is 358 g/mol. The fourth-order valence-corrected chi connectivity index (χ4v) is 2.71. The van der Waals surface area contributed by atoms with Crippen molar-refractivity contribution in [3.05, 3.63) is 76.3 Å². The summed E-state index contributed by atoms with van der Waals surface area (Å²) in [6.45, 7) is 0. The minimum absolute atomic E-state index is 0.437. The zero-order chi connectivity index (χ0) is 16.9. The summed E-state index contributed by atoms with van der Waals surface area (Å²) < 4.78 is 0. The van der Waals surface area contributed by atoms with Gasteiger partial charge in [0.25, 0.3) is 0 Å². The maximum absolute atomic E-state index is 12.0. The number of carbonyl (C=O) groups excluding carboxylic acids is 1. The molecule has 0 fully saturated rings. The van der Waals surface area contributed by atoms with E-state index < -0.39 is 6.03 Å². The molecule has 0 atom stereocenters. The van der Waals surface area contributed by atoms with E-state index >= 15 is 0 Å². The van der Waals surface area contributed by atoms with Crippen LogP contribution in [-0.2, 0) is 0 Å². The molecule has 0 aliphatic heterocycles. The van der Waals surface area contributed by atoms with E-state index in [9.17, 15) is 4.79 Å². The van der Waals surface area contributed by atoms with E-state index in [-0.39, 0.29) is 0 Å². The zero-order valence-electron chi connectivity index (χ0n) is 12.5. The normalized spacial score (nSPS) is 10.9. The van der Waals surface area contributed by atoms with Gasteiger partial charge in [0, 0.05) is 16.0 Å². The number of hydrogen-bond donors (Lipinski definition) is 2. The minimum atomic E-state index is -0.437. The van der Waals surface area contributed by atoms with Crippen molar-refractivity contribution in [1.82, 2.24) is 5.43 Å². The van der Waals surface area contributed by atoms with Crippen molar-refractivity contribution in [2.45, 2.75) is 0 Å². The van der Waals surface area contributed by atoms with Crippen LogP contribution in [-0.4, -0.2) is 12.2 Å². The van der Waals surface area contributed by atoms with Crippen molar-refractivity contribution in [3.8, 4) is 0 Å². The Morgan fingerprint density at radius 1 is 1.00 bits per heavy atom. The highest BCUT2D eigenvalue weighted by atomic mass is 35.5. The summed E-state index contributed by atoms with van der Waals surface area (Å²) in [4.78, 5) is 12.0. The molecule has 24 heavy (non-hydrogen) atoms. The first-order valence-electron chi connectivity index (χ1n) is 7.16. The number of hydrogen-bond acceptors (Lipinski definition) is 2. The zero-order valence-corrected chi connectivity index (χ0v) is 14.0. The Bertz CT molecular complexity index is 920. The van der Waals surface area contributed by atoms with Crippen LogP contribution in [0.1, 0.15) is 5.56 Å². The van der Waals surface area contributed by atoms with E-state index in [1.807, 2.05) is 42.5 Å². The van der Waals surface area contributed by atoms with E-state index in [0.717, 1.165) is 10.8 Å². The highest BCUT2D eigenvalue weighted by Gasteiger charge is 2.04. The molecule has 2 N–H and O–H groups in total. The van der Waals surface area contributed by atoms with E-state index in [2.05, 4.69) is 15.8 Å². The molecule has 0 spiro atoms. The number of halogens is 2. The summed E-state index contributed by atoms with van der Waals surface area (Å²) in [5.41, 5.74) is 3.79. The number of fused-ring (bicyclic) bond motifs is 1. The lowest BCUT2D eigenvalue weighted by atomic mass is 10.1. The summed E-state index contributed by atoms with van der Waals surface area (Å²) in [5.74, 6) is 0. The number of nitrogens with one attached hydrogen (secondary N) is 2. The molecule has 0 aliphatic carbocycles. The SMILES string of the molecule is O=C(N/N=C/c1ccc(Cl)cc1Cl)Nc1cccc2ccccc12. The Hall–Kier alpha value is -2.56.